The van der Waals surface area contributed by atoms with Crippen molar-refractivity contribution in [2.24, 2.45) is 0 Å². The largest absolute Gasteiger partial charge is 0.480 e. The van der Waals surface area contributed by atoms with E-state index >= 15 is 0 Å². The van der Waals surface area contributed by atoms with Gasteiger partial charge < -0.3 is 19.7 Å². The Morgan fingerprint density at radius 1 is 1.21 bits per heavy atom. The van der Waals surface area contributed by atoms with Crippen molar-refractivity contribution >= 4 is 19.4 Å². The van der Waals surface area contributed by atoms with Crippen LogP contribution in [0.5, 0.6) is 5.75 Å². The summed E-state index contributed by atoms with van der Waals surface area (Å²) < 4.78 is 22.0. The SMILES string of the molecule is CC(C)(C)OC(=O)N[C@@H](Cc1ccc(OP(C)(C)=O)cc1)C(=O)O. The molecule has 1 atom stereocenters. The van der Waals surface area contributed by atoms with E-state index in [9.17, 15) is 19.3 Å². The summed E-state index contributed by atoms with van der Waals surface area (Å²) in [5.74, 6) is -0.716. The summed E-state index contributed by atoms with van der Waals surface area (Å²) in [5.41, 5.74) is -0.0201. The number of alkyl carbamates (subject to hydrolysis) is 1. The first-order chi connectivity index (χ1) is 10.9. The van der Waals surface area contributed by atoms with Crippen molar-refractivity contribution in [1.29, 1.82) is 0 Å². The van der Waals surface area contributed by atoms with Gasteiger partial charge >= 0.3 is 12.1 Å². The molecule has 0 aliphatic rings. The molecule has 24 heavy (non-hydrogen) atoms. The van der Waals surface area contributed by atoms with Gasteiger partial charge in [-0.1, -0.05) is 12.1 Å². The molecule has 8 heteroatoms. The summed E-state index contributed by atoms with van der Waals surface area (Å²) in [6.45, 7) is 8.10. The Hall–Kier alpha value is -2.01. The minimum Gasteiger partial charge on any atom is -0.480 e. The van der Waals surface area contributed by atoms with Crippen LogP contribution in [0.25, 0.3) is 0 Å². The molecule has 0 saturated carbocycles. The minimum absolute atomic E-state index is 0.0881. The predicted molar refractivity (Wildman–Crippen MR) is 91.0 cm³/mol. The lowest BCUT2D eigenvalue weighted by Gasteiger charge is -2.22. The lowest BCUT2D eigenvalue weighted by molar-refractivity contribution is -0.139. The van der Waals surface area contributed by atoms with Gasteiger partial charge in [-0.05, 0) is 38.5 Å². The van der Waals surface area contributed by atoms with E-state index < -0.39 is 31.1 Å². The third kappa shape index (κ3) is 8.02. The van der Waals surface area contributed by atoms with Gasteiger partial charge in [0.15, 0.2) is 0 Å². The molecule has 2 N–H and O–H groups in total. The number of aliphatic carboxylic acids is 1. The van der Waals surface area contributed by atoms with Gasteiger partial charge in [0.05, 0.1) is 0 Å². The molecule has 0 spiro atoms. The molecule has 0 aromatic heterocycles. The van der Waals surface area contributed by atoms with E-state index in [1.54, 1.807) is 45.0 Å². The van der Waals surface area contributed by atoms with Crippen LogP contribution in [0.4, 0.5) is 4.79 Å². The second-order valence-electron chi connectivity index (χ2n) is 6.73. The molecule has 0 saturated heterocycles. The first kappa shape index (κ1) is 20.0. The highest BCUT2D eigenvalue weighted by Crippen LogP contribution is 2.38. The van der Waals surface area contributed by atoms with E-state index in [4.69, 9.17) is 9.26 Å². The van der Waals surface area contributed by atoms with E-state index in [-0.39, 0.29) is 6.42 Å². The molecule has 0 bridgehead atoms. The van der Waals surface area contributed by atoms with E-state index in [1.807, 2.05) is 0 Å². The number of amides is 1. The maximum absolute atomic E-state index is 11.7. The number of ether oxygens (including phenoxy) is 1. The number of carbonyl (C=O) groups excluding carboxylic acids is 1. The minimum atomic E-state index is -2.65. The van der Waals surface area contributed by atoms with E-state index in [1.165, 1.54) is 13.3 Å². The molecule has 0 heterocycles. The van der Waals surface area contributed by atoms with Crippen LogP contribution >= 0.6 is 7.37 Å². The summed E-state index contributed by atoms with van der Waals surface area (Å²) in [7, 11) is -2.65. The third-order valence-corrected chi connectivity index (χ3v) is 3.33. The normalized spacial score (nSPS) is 13.0. The molecule has 1 aromatic carbocycles. The molecule has 0 aliphatic heterocycles. The Morgan fingerprint density at radius 2 is 1.75 bits per heavy atom. The van der Waals surface area contributed by atoms with Crippen LogP contribution in [0.2, 0.25) is 0 Å². The van der Waals surface area contributed by atoms with Gasteiger partial charge in [0, 0.05) is 19.8 Å². The van der Waals surface area contributed by atoms with Crippen molar-refractivity contribution in [3.05, 3.63) is 29.8 Å². The predicted octanol–water partition coefficient (Wildman–Crippen LogP) is 3.12. The van der Waals surface area contributed by atoms with Crippen LogP contribution in [0.1, 0.15) is 26.3 Å². The lowest BCUT2D eigenvalue weighted by Crippen LogP contribution is -2.44. The fourth-order valence-electron chi connectivity index (χ4n) is 1.83. The highest BCUT2D eigenvalue weighted by molar-refractivity contribution is 7.57. The topological polar surface area (TPSA) is 102 Å². The Balaban J connectivity index is 2.73. The first-order valence-electron chi connectivity index (χ1n) is 7.41. The van der Waals surface area contributed by atoms with Gasteiger partial charge in [0.25, 0.3) is 0 Å². The number of carbonyl (C=O) groups is 2. The molecule has 1 rings (SSSR count). The van der Waals surface area contributed by atoms with Crippen molar-refractivity contribution in [1.82, 2.24) is 5.32 Å². The number of rotatable bonds is 6. The van der Waals surface area contributed by atoms with Crippen LogP contribution in [-0.4, -0.2) is 42.1 Å². The van der Waals surface area contributed by atoms with Gasteiger partial charge in [0.1, 0.15) is 17.4 Å². The van der Waals surface area contributed by atoms with Crippen LogP contribution in [0, 0.1) is 0 Å². The van der Waals surface area contributed by atoms with Crippen molar-refractivity contribution in [3.63, 3.8) is 0 Å². The van der Waals surface area contributed by atoms with E-state index in [0.717, 1.165) is 0 Å². The molecule has 0 aliphatic carbocycles. The summed E-state index contributed by atoms with van der Waals surface area (Å²) in [4.78, 5) is 23.1. The van der Waals surface area contributed by atoms with E-state index in [2.05, 4.69) is 5.32 Å². The number of carboxylic acids is 1. The molecular weight excluding hydrogens is 333 g/mol. The monoisotopic (exact) mass is 357 g/mol. The van der Waals surface area contributed by atoms with Crippen molar-refractivity contribution in [2.75, 3.05) is 13.3 Å². The number of benzene rings is 1. The van der Waals surface area contributed by atoms with Gasteiger partial charge in [-0.3, -0.25) is 4.57 Å². The fourth-order valence-corrected chi connectivity index (χ4v) is 2.46. The molecule has 0 unspecified atom stereocenters. The van der Waals surface area contributed by atoms with Gasteiger partial charge in [0.2, 0.25) is 7.37 Å². The average molecular weight is 357 g/mol. The molecule has 1 amide bonds. The summed E-state index contributed by atoms with van der Waals surface area (Å²) >= 11 is 0. The highest BCUT2D eigenvalue weighted by atomic mass is 31.2. The molecule has 0 fully saturated rings. The smallest absolute Gasteiger partial charge is 0.408 e. The molecule has 0 radical (unpaired) electrons. The number of nitrogens with one attached hydrogen (secondary N) is 1. The summed E-state index contributed by atoms with van der Waals surface area (Å²) in [6.07, 6.45) is -0.696. The van der Waals surface area contributed by atoms with Crippen LogP contribution in [0.15, 0.2) is 24.3 Å². The number of hydrogen-bond donors (Lipinski definition) is 2. The fraction of sp³-hybridized carbons (Fsp3) is 0.500. The van der Waals surface area contributed by atoms with Crippen LogP contribution in [-0.2, 0) is 20.5 Å². The second kappa shape index (κ2) is 7.71. The zero-order chi connectivity index (χ0) is 18.5. The molecular formula is C16H24NO6P. The lowest BCUT2D eigenvalue weighted by atomic mass is 10.1. The van der Waals surface area contributed by atoms with E-state index in [0.29, 0.717) is 11.3 Å². The zero-order valence-electron chi connectivity index (χ0n) is 14.5. The molecule has 1 aromatic rings. The summed E-state index contributed by atoms with van der Waals surface area (Å²) in [6, 6.07) is 5.44. The van der Waals surface area contributed by atoms with Crippen LogP contribution in [0.3, 0.4) is 0 Å². The zero-order valence-corrected chi connectivity index (χ0v) is 15.4. The van der Waals surface area contributed by atoms with Crippen molar-refractivity contribution in [2.45, 2.75) is 38.8 Å². The second-order valence-corrected chi connectivity index (χ2v) is 9.42. The Kier molecular flexibility index (Phi) is 6.43. The van der Waals surface area contributed by atoms with Crippen molar-refractivity contribution < 1.29 is 28.5 Å². The maximum atomic E-state index is 11.7. The maximum Gasteiger partial charge on any atom is 0.408 e. The van der Waals surface area contributed by atoms with Gasteiger partial charge in [-0.25, -0.2) is 9.59 Å². The Morgan fingerprint density at radius 3 is 2.17 bits per heavy atom. The standard InChI is InChI=1S/C16H24NO6P/c1-16(2,3)22-15(20)17-13(14(18)19)10-11-6-8-12(9-7-11)23-24(4,5)21/h6-9,13H,10H2,1-5H3,(H,17,20)(H,18,19)/t13-/m0/s1. The van der Waals surface area contributed by atoms with Gasteiger partial charge in [-0.15, -0.1) is 0 Å². The number of carboxylic acid groups (broad SMARTS) is 1. The quantitative estimate of drug-likeness (QED) is 0.759. The Bertz CT molecular complexity index is 629. The summed E-state index contributed by atoms with van der Waals surface area (Å²) in [5, 5.41) is 11.6. The van der Waals surface area contributed by atoms with Crippen LogP contribution < -0.4 is 9.84 Å². The highest BCUT2D eigenvalue weighted by Gasteiger charge is 2.24. The average Bonchev–Trinajstić information content (AvgIpc) is 2.36. The van der Waals surface area contributed by atoms with Gasteiger partial charge in [-0.2, -0.15) is 0 Å². The molecule has 7 nitrogen and oxygen atoms in total. The third-order valence-electron chi connectivity index (χ3n) is 2.68. The first-order valence-corrected chi connectivity index (χ1v) is 9.93. The number of hydrogen-bond acceptors (Lipinski definition) is 5. The molecule has 134 valence electrons. The Labute approximate surface area is 141 Å². The van der Waals surface area contributed by atoms with Crippen molar-refractivity contribution in [3.8, 4) is 5.75 Å².